The minimum Gasteiger partial charge on any atom is -0.494 e. The maximum Gasteiger partial charge on any atom is 0.343 e. The summed E-state index contributed by atoms with van der Waals surface area (Å²) in [5, 5.41) is 0. The van der Waals surface area contributed by atoms with Crippen molar-refractivity contribution in [2.45, 2.75) is 25.7 Å². The lowest BCUT2D eigenvalue weighted by molar-refractivity contribution is -0.137. The van der Waals surface area contributed by atoms with E-state index in [0.29, 0.717) is 30.3 Å². The Kier molecular flexibility index (Phi) is 9.04. The van der Waals surface area contributed by atoms with E-state index in [-0.39, 0.29) is 5.97 Å². The molecule has 0 fully saturated rings. The molecule has 0 unspecified atom stereocenters. The molecule has 0 saturated heterocycles. The van der Waals surface area contributed by atoms with Crippen LogP contribution in [0.3, 0.4) is 0 Å². The van der Waals surface area contributed by atoms with Crippen molar-refractivity contribution in [2.75, 3.05) is 13.2 Å². The highest BCUT2D eigenvalue weighted by atomic mass is 16.5. The van der Waals surface area contributed by atoms with Gasteiger partial charge in [-0.05, 0) is 74.2 Å². The van der Waals surface area contributed by atoms with Gasteiger partial charge in [-0.25, -0.2) is 9.59 Å². The zero-order chi connectivity index (χ0) is 20.9. The van der Waals surface area contributed by atoms with Gasteiger partial charge in [0.2, 0.25) is 0 Å². The van der Waals surface area contributed by atoms with Crippen LogP contribution in [0.25, 0.3) is 0 Å². The Morgan fingerprint density at radius 3 is 2.14 bits per heavy atom. The molecule has 29 heavy (non-hydrogen) atoms. The monoisotopic (exact) mass is 392 g/mol. The van der Waals surface area contributed by atoms with E-state index in [2.05, 4.69) is 12.5 Å². The molecule has 2 aromatic rings. The summed E-state index contributed by atoms with van der Waals surface area (Å²) < 4.78 is 15.9. The molecular weight excluding hydrogens is 368 g/mol. The van der Waals surface area contributed by atoms with Gasteiger partial charge in [0.15, 0.2) is 0 Å². The van der Waals surface area contributed by atoms with Crippen LogP contribution in [0.15, 0.2) is 61.2 Å². The molecule has 0 aromatic heterocycles. The fourth-order valence-electron chi connectivity index (χ4n) is 2.45. The number of esters is 2. The Hall–Kier alpha value is -3.52. The lowest BCUT2D eigenvalue weighted by Gasteiger charge is -2.08. The number of terminal acetylenes is 1. The predicted octanol–water partition coefficient (Wildman–Crippen LogP) is 4.56. The summed E-state index contributed by atoms with van der Waals surface area (Å²) >= 11 is 0. The number of ether oxygens (including phenoxy) is 3. The first-order chi connectivity index (χ1) is 14.1. The Labute approximate surface area is 171 Å². The SMILES string of the molecule is C#Cc1ccc(OC(=O)c2ccc(OCCCCCCOC(=O)C=C)cc2)cc1. The van der Waals surface area contributed by atoms with Crippen LogP contribution in [-0.4, -0.2) is 25.2 Å². The van der Waals surface area contributed by atoms with Gasteiger partial charge in [-0.15, -0.1) is 6.42 Å². The second-order valence-electron chi connectivity index (χ2n) is 6.22. The van der Waals surface area contributed by atoms with Crippen LogP contribution in [0.5, 0.6) is 11.5 Å². The number of hydrogen-bond acceptors (Lipinski definition) is 5. The van der Waals surface area contributed by atoms with Crippen molar-refractivity contribution in [3.63, 3.8) is 0 Å². The van der Waals surface area contributed by atoms with Gasteiger partial charge in [-0.3, -0.25) is 0 Å². The van der Waals surface area contributed by atoms with Gasteiger partial charge in [0, 0.05) is 11.6 Å². The molecular formula is C24H24O5. The minimum atomic E-state index is -0.442. The van der Waals surface area contributed by atoms with Gasteiger partial charge in [0.1, 0.15) is 11.5 Å². The van der Waals surface area contributed by atoms with Crippen LogP contribution in [0.4, 0.5) is 0 Å². The fourth-order valence-corrected chi connectivity index (χ4v) is 2.45. The maximum atomic E-state index is 12.2. The van der Waals surface area contributed by atoms with E-state index in [1.54, 1.807) is 48.5 Å². The molecule has 0 atom stereocenters. The minimum absolute atomic E-state index is 0.387. The van der Waals surface area contributed by atoms with Crippen LogP contribution < -0.4 is 9.47 Å². The third-order valence-corrected chi connectivity index (χ3v) is 4.04. The first kappa shape index (κ1) is 21.8. The lowest BCUT2D eigenvalue weighted by atomic mass is 10.2. The van der Waals surface area contributed by atoms with E-state index < -0.39 is 5.97 Å². The molecule has 0 bridgehead atoms. The molecule has 2 rings (SSSR count). The van der Waals surface area contributed by atoms with Gasteiger partial charge in [0.25, 0.3) is 0 Å². The first-order valence-corrected chi connectivity index (χ1v) is 9.43. The van der Waals surface area contributed by atoms with Crippen LogP contribution in [0.1, 0.15) is 41.6 Å². The Balaban J connectivity index is 1.66. The second-order valence-corrected chi connectivity index (χ2v) is 6.22. The highest BCUT2D eigenvalue weighted by Gasteiger charge is 2.09. The smallest absolute Gasteiger partial charge is 0.343 e. The molecule has 5 heteroatoms. The molecule has 0 aliphatic heterocycles. The number of rotatable bonds is 11. The van der Waals surface area contributed by atoms with E-state index in [0.717, 1.165) is 37.3 Å². The Bertz CT molecular complexity index is 844. The molecule has 0 spiro atoms. The van der Waals surface area contributed by atoms with Gasteiger partial charge in [0.05, 0.1) is 18.8 Å². The van der Waals surface area contributed by atoms with E-state index in [1.165, 1.54) is 0 Å². The van der Waals surface area contributed by atoms with E-state index in [9.17, 15) is 9.59 Å². The molecule has 150 valence electrons. The van der Waals surface area contributed by atoms with Crippen molar-refractivity contribution < 1.29 is 23.8 Å². The number of hydrogen-bond donors (Lipinski definition) is 0. The summed E-state index contributed by atoms with van der Waals surface area (Å²) in [4.78, 5) is 23.1. The molecule has 0 aliphatic rings. The summed E-state index contributed by atoms with van der Waals surface area (Å²) in [7, 11) is 0. The molecule has 0 saturated carbocycles. The van der Waals surface area contributed by atoms with Gasteiger partial charge in [-0.2, -0.15) is 0 Å². The number of unbranched alkanes of at least 4 members (excludes halogenated alkanes) is 3. The number of carbonyl (C=O) groups is 2. The molecule has 5 nitrogen and oxygen atoms in total. The van der Waals surface area contributed by atoms with Crippen LogP contribution >= 0.6 is 0 Å². The van der Waals surface area contributed by atoms with Gasteiger partial charge in [-0.1, -0.05) is 12.5 Å². The molecule has 0 N–H and O–H groups in total. The van der Waals surface area contributed by atoms with Gasteiger partial charge >= 0.3 is 11.9 Å². The summed E-state index contributed by atoms with van der Waals surface area (Å²) in [6.45, 7) is 4.34. The quantitative estimate of drug-likeness (QED) is 0.184. The standard InChI is InChI=1S/C24H24O5/c1-3-19-9-13-22(14-10-19)29-24(26)20-11-15-21(16-12-20)27-17-7-5-6-8-18-28-23(25)4-2/h1,4,9-16H,2,5-8,17-18H2. The highest BCUT2D eigenvalue weighted by molar-refractivity contribution is 5.91. The third-order valence-electron chi connectivity index (χ3n) is 4.04. The van der Waals surface area contributed by atoms with E-state index in [1.807, 2.05) is 0 Å². The summed E-state index contributed by atoms with van der Waals surface area (Å²) in [5.41, 5.74) is 1.16. The van der Waals surface area contributed by atoms with Crippen molar-refractivity contribution in [3.8, 4) is 23.8 Å². The largest absolute Gasteiger partial charge is 0.494 e. The van der Waals surface area contributed by atoms with Crippen molar-refractivity contribution >= 4 is 11.9 Å². The molecule has 0 radical (unpaired) electrons. The van der Waals surface area contributed by atoms with Crippen LogP contribution in [-0.2, 0) is 9.53 Å². The molecule has 2 aromatic carbocycles. The van der Waals surface area contributed by atoms with E-state index in [4.69, 9.17) is 20.6 Å². The molecule has 0 amide bonds. The van der Waals surface area contributed by atoms with Gasteiger partial charge < -0.3 is 14.2 Å². The van der Waals surface area contributed by atoms with Crippen LogP contribution in [0, 0.1) is 12.3 Å². The summed E-state index contributed by atoms with van der Waals surface area (Å²) in [6, 6.07) is 13.6. The fraction of sp³-hybridized carbons (Fsp3) is 0.250. The predicted molar refractivity (Wildman–Crippen MR) is 111 cm³/mol. The first-order valence-electron chi connectivity index (χ1n) is 9.43. The normalized spacial score (nSPS) is 9.90. The Morgan fingerprint density at radius 2 is 1.52 bits per heavy atom. The topological polar surface area (TPSA) is 61.8 Å². The van der Waals surface area contributed by atoms with E-state index >= 15 is 0 Å². The Morgan fingerprint density at radius 1 is 0.897 bits per heavy atom. The lowest BCUT2D eigenvalue weighted by Crippen LogP contribution is -2.08. The van der Waals surface area contributed by atoms with Crippen molar-refractivity contribution in [1.82, 2.24) is 0 Å². The second kappa shape index (κ2) is 12.0. The highest BCUT2D eigenvalue weighted by Crippen LogP contribution is 2.17. The molecule has 0 heterocycles. The number of benzene rings is 2. The van der Waals surface area contributed by atoms with Crippen LogP contribution in [0.2, 0.25) is 0 Å². The van der Waals surface area contributed by atoms with Crippen molar-refractivity contribution in [2.24, 2.45) is 0 Å². The third kappa shape index (κ3) is 7.94. The van der Waals surface area contributed by atoms with Crippen molar-refractivity contribution in [1.29, 1.82) is 0 Å². The summed E-state index contributed by atoms with van der Waals surface area (Å²) in [6.07, 6.45) is 10.1. The number of carbonyl (C=O) groups excluding carboxylic acids is 2. The summed E-state index contributed by atoms with van der Waals surface area (Å²) in [5.74, 6) is 2.81. The molecule has 0 aliphatic carbocycles. The zero-order valence-corrected chi connectivity index (χ0v) is 16.3. The zero-order valence-electron chi connectivity index (χ0n) is 16.3. The average molecular weight is 392 g/mol. The van der Waals surface area contributed by atoms with Crippen molar-refractivity contribution in [3.05, 3.63) is 72.3 Å². The average Bonchev–Trinajstić information content (AvgIpc) is 2.76. The maximum absolute atomic E-state index is 12.2.